The van der Waals surface area contributed by atoms with E-state index in [-0.39, 0.29) is 11.8 Å². The topological polar surface area (TPSA) is 66.4 Å². The lowest BCUT2D eigenvalue weighted by Gasteiger charge is -2.34. The van der Waals surface area contributed by atoms with Crippen molar-refractivity contribution in [3.05, 3.63) is 57.9 Å². The molecule has 0 bridgehead atoms. The third-order valence-electron chi connectivity index (χ3n) is 6.74. The van der Waals surface area contributed by atoms with E-state index in [9.17, 15) is 9.59 Å². The Hall–Kier alpha value is -2.80. The molecular formula is C26H30N4O2S. The zero-order valence-corrected chi connectivity index (χ0v) is 20.2. The summed E-state index contributed by atoms with van der Waals surface area (Å²) in [4.78, 5) is 40.9. The van der Waals surface area contributed by atoms with E-state index in [2.05, 4.69) is 12.1 Å². The predicted octanol–water partition coefficient (Wildman–Crippen LogP) is 4.49. The number of piperazine rings is 1. The lowest BCUT2D eigenvalue weighted by molar-refractivity contribution is -0.132. The molecule has 1 aliphatic carbocycles. The normalized spacial score (nSPS) is 16.4. The van der Waals surface area contributed by atoms with Gasteiger partial charge in [0, 0.05) is 43.9 Å². The summed E-state index contributed by atoms with van der Waals surface area (Å²) in [5.74, 6) is 1.67. The summed E-state index contributed by atoms with van der Waals surface area (Å²) < 4.78 is 0. The van der Waals surface area contributed by atoms with Crippen LogP contribution in [0, 0.1) is 13.8 Å². The number of hydrogen-bond acceptors (Lipinski definition) is 5. The number of rotatable bonds is 6. The molecule has 6 nitrogen and oxygen atoms in total. The molecule has 0 atom stereocenters. The van der Waals surface area contributed by atoms with Crippen LogP contribution < -0.4 is 0 Å². The van der Waals surface area contributed by atoms with Crippen LogP contribution in [-0.4, -0.2) is 57.8 Å². The molecule has 1 saturated carbocycles. The molecular weight excluding hydrogens is 432 g/mol. The first-order chi connectivity index (χ1) is 16.0. The summed E-state index contributed by atoms with van der Waals surface area (Å²) in [5, 5.41) is 1.03. The third-order valence-corrected chi connectivity index (χ3v) is 7.92. The van der Waals surface area contributed by atoms with Crippen LogP contribution in [-0.2, 0) is 11.2 Å². The molecule has 7 heteroatoms. The number of benzene rings is 1. The largest absolute Gasteiger partial charge is 0.339 e. The van der Waals surface area contributed by atoms with Gasteiger partial charge < -0.3 is 9.80 Å². The van der Waals surface area contributed by atoms with Crippen molar-refractivity contribution < 1.29 is 9.59 Å². The molecule has 1 saturated heterocycles. The van der Waals surface area contributed by atoms with Crippen molar-refractivity contribution in [2.75, 3.05) is 26.2 Å². The van der Waals surface area contributed by atoms with Gasteiger partial charge in [-0.3, -0.25) is 9.59 Å². The van der Waals surface area contributed by atoms with E-state index in [4.69, 9.17) is 9.97 Å². The van der Waals surface area contributed by atoms with Gasteiger partial charge in [-0.15, -0.1) is 11.3 Å². The number of thiophene rings is 1. The van der Waals surface area contributed by atoms with Gasteiger partial charge in [-0.2, -0.15) is 0 Å². The van der Waals surface area contributed by atoms with Crippen LogP contribution >= 0.6 is 11.3 Å². The highest BCUT2D eigenvalue weighted by atomic mass is 32.1. The SMILES string of the molecule is Cc1nc(C2CC2)nc2sc(C(=O)N3CCN(C(=O)CCCc4ccccc4)CC3)c(C)c12. The quantitative estimate of drug-likeness (QED) is 0.541. The first-order valence-corrected chi connectivity index (χ1v) is 12.7. The number of aromatic nitrogens is 2. The van der Waals surface area contributed by atoms with Crippen LogP contribution in [0.2, 0.25) is 0 Å². The van der Waals surface area contributed by atoms with Crippen LogP contribution in [0.4, 0.5) is 0 Å². The summed E-state index contributed by atoms with van der Waals surface area (Å²) >= 11 is 1.49. The second-order valence-corrected chi connectivity index (χ2v) is 10.2. The molecule has 33 heavy (non-hydrogen) atoms. The van der Waals surface area contributed by atoms with E-state index in [0.717, 1.165) is 57.9 Å². The summed E-state index contributed by atoms with van der Waals surface area (Å²) in [6, 6.07) is 10.3. The summed E-state index contributed by atoms with van der Waals surface area (Å²) in [5.41, 5.74) is 3.23. The zero-order valence-electron chi connectivity index (χ0n) is 19.3. The van der Waals surface area contributed by atoms with Gasteiger partial charge in [0.25, 0.3) is 5.91 Å². The minimum absolute atomic E-state index is 0.0547. The van der Waals surface area contributed by atoms with Crippen LogP contribution in [0.15, 0.2) is 30.3 Å². The number of fused-ring (bicyclic) bond motifs is 1. The van der Waals surface area contributed by atoms with Crippen molar-refractivity contribution in [2.45, 2.75) is 51.9 Å². The average molecular weight is 463 g/mol. The molecule has 0 radical (unpaired) electrons. The molecule has 3 heterocycles. The van der Waals surface area contributed by atoms with Gasteiger partial charge in [0.05, 0.1) is 10.6 Å². The van der Waals surface area contributed by atoms with Gasteiger partial charge in [-0.25, -0.2) is 9.97 Å². The van der Waals surface area contributed by atoms with E-state index in [1.54, 1.807) is 0 Å². The Kier molecular flexibility index (Phi) is 6.15. The number of amides is 2. The Labute approximate surface area is 198 Å². The second-order valence-electron chi connectivity index (χ2n) is 9.19. The summed E-state index contributed by atoms with van der Waals surface area (Å²) in [6.07, 6.45) is 4.65. The monoisotopic (exact) mass is 462 g/mol. The summed E-state index contributed by atoms with van der Waals surface area (Å²) in [7, 11) is 0. The number of nitrogens with zero attached hydrogens (tertiary/aromatic N) is 4. The predicted molar refractivity (Wildman–Crippen MR) is 131 cm³/mol. The van der Waals surface area contributed by atoms with E-state index < -0.39 is 0 Å². The maximum Gasteiger partial charge on any atom is 0.264 e. The zero-order chi connectivity index (χ0) is 22.9. The Morgan fingerprint density at radius 3 is 2.39 bits per heavy atom. The van der Waals surface area contributed by atoms with Gasteiger partial charge in [0.2, 0.25) is 5.91 Å². The molecule has 2 aliphatic rings. The number of hydrogen-bond donors (Lipinski definition) is 0. The van der Waals surface area contributed by atoms with Crippen molar-refractivity contribution in [3.8, 4) is 0 Å². The van der Waals surface area contributed by atoms with Crippen molar-refractivity contribution in [3.63, 3.8) is 0 Å². The van der Waals surface area contributed by atoms with E-state index in [0.29, 0.717) is 38.5 Å². The first kappa shape index (κ1) is 22.0. The van der Waals surface area contributed by atoms with Gasteiger partial charge in [0.15, 0.2) is 0 Å². The molecule has 0 N–H and O–H groups in total. The second kappa shape index (κ2) is 9.21. The highest BCUT2D eigenvalue weighted by Crippen LogP contribution is 2.40. The molecule has 1 aromatic carbocycles. The molecule has 2 aromatic heterocycles. The van der Waals surface area contributed by atoms with E-state index in [1.165, 1.54) is 16.9 Å². The highest BCUT2D eigenvalue weighted by Gasteiger charge is 2.30. The van der Waals surface area contributed by atoms with E-state index in [1.807, 2.05) is 41.8 Å². The third kappa shape index (κ3) is 4.64. The molecule has 5 rings (SSSR count). The Bertz CT molecular complexity index is 1180. The van der Waals surface area contributed by atoms with Gasteiger partial charge in [0.1, 0.15) is 10.7 Å². The van der Waals surface area contributed by atoms with Crippen LogP contribution in [0.5, 0.6) is 0 Å². The van der Waals surface area contributed by atoms with Crippen molar-refractivity contribution in [2.24, 2.45) is 0 Å². The Morgan fingerprint density at radius 2 is 1.70 bits per heavy atom. The molecule has 0 unspecified atom stereocenters. The van der Waals surface area contributed by atoms with Crippen molar-refractivity contribution in [1.29, 1.82) is 0 Å². The molecule has 172 valence electrons. The average Bonchev–Trinajstić information content (AvgIpc) is 3.63. The molecule has 1 aliphatic heterocycles. The summed E-state index contributed by atoms with van der Waals surface area (Å²) in [6.45, 7) is 6.39. The fourth-order valence-electron chi connectivity index (χ4n) is 4.64. The maximum atomic E-state index is 13.3. The number of aryl methyl sites for hydroxylation is 3. The first-order valence-electron chi connectivity index (χ1n) is 11.9. The van der Waals surface area contributed by atoms with Gasteiger partial charge in [-0.1, -0.05) is 30.3 Å². The maximum absolute atomic E-state index is 13.3. The fraction of sp³-hybridized carbons (Fsp3) is 0.462. The molecule has 2 amide bonds. The fourth-order valence-corrected chi connectivity index (χ4v) is 5.84. The Balaban J connectivity index is 1.19. The van der Waals surface area contributed by atoms with E-state index >= 15 is 0 Å². The molecule has 3 aromatic rings. The standard InChI is InChI=1S/C26H30N4O2S/c1-17-22-18(2)27-24(20-11-12-20)28-25(22)33-23(17)26(32)30-15-13-29(14-16-30)21(31)10-6-9-19-7-4-3-5-8-19/h3-5,7-8,20H,6,9-16H2,1-2H3. The smallest absolute Gasteiger partial charge is 0.264 e. The lowest BCUT2D eigenvalue weighted by Crippen LogP contribution is -2.50. The van der Waals surface area contributed by atoms with Crippen LogP contribution in [0.3, 0.4) is 0 Å². The molecule has 0 spiro atoms. The Morgan fingerprint density at radius 1 is 1.00 bits per heavy atom. The molecule has 2 fully saturated rings. The number of carbonyl (C=O) groups excluding carboxylic acids is 2. The highest BCUT2D eigenvalue weighted by molar-refractivity contribution is 7.20. The number of carbonyl (C=O) groups is 2. The van der Waals surface area contributed by atoms with Crippen LogP contribution in [0.1, 0.15) is 63.9 Å². The van der Waals surface area contributed by atoms with Crippen molar-refractivity contribution >= 4 is 33.4 Å². The van der Waals surface area contributed by atoms with Gasteiger partial charge in [-0.05, 0) is 50.7 Å². The lowest BCUT2D eigenvalue weighted by atomic mass is 10.1. The minimum atomic E-state index is 0.0547. The minimum Gasteiger partial charge on any atom is -0.339 e. The van der Waals surface area contributed by atoms with Gasteiger partial charge >= 0.3 is 0 Å². The van der Waals surface area contributed by atoms with Crippen molar-refractivity contribution in [1.82, 2.24) is 19.8 Å². The van der Waals surface area contributed by atoms with Crippen LogP contribution in [0.25, 0.3) is 10.2 Å².